The number of para-hydroxylation sites is 1. The number of benzene rings is 3. The van der Waals surface area contributed by atoms with Gasteiger partial charge in [-0.15, -0.1) is 11.3 Å². The molecule has 0 aliphatic heterocycles. The summed E-state index contributed by atoms with van der Waals surface area (Å²) in [7, 11) is 0. The summed E-state index contributed by atoms with van der Waals surface area (Å²) in [6, 6.07) is 30.1. The first-order valence-electron chi connectivity index (χ1n) is 13.3. The number of hydrogen-bond donors (Lipinski definition) is 1. The largest absolute Gasteiger partial charge is 0.485 e. The van der Waals surface area contributed by atoms with Crippen LogP contribution in [0.25, 0.3) is 32.4 Å². The van der Waals surface area contributed by atoms with Crippen molar-refractivity contribution >= 4 is 11.3 Å². The number of aromatic amines is 1. The van der Waals surface area contributed by atoms with Crippen LogP contribution in [0.15, 0.2) is 108 Å². The third kappa shape index (κ3) is 5.60. The molecule has 0 bridgehead atoms. The zero-order chi connectivity index (χ0) is 28.2. The lowest BCUT2D eigenvalue weighted by Crippen LogP contribution is -2.27. The van der Waals surface area contributed by atoms with E-state index in [4.69, 9.17) is 9.72 Å². The van der Waals surface area contributed by atoms with Gasteiger partial charge in [0, 0.05) is 17.6 Å². The standard InChI is InChI=1S/C33H27FN4O2S/c1-22-30(29-16-15-28(41-29)27-17-19-35-37-27)33(39)38(20-18-23-9-4-2-5-10-23)32(36-22)25-13-8-14-26(34)31(25)40-21-24-11-6-3-7-12-24/h2-17,19H,18,20-21H2,1H3,(H,35,37). The van der Waals surface area contributed by atoms with Gasteiger partial charge in [-0.05, 0) is 54.8 Å². The first-order chi connectivity index (χ1) is 20.1. The Balaban J connectivity index is 1.46. The van der Waals surface area contributed by atoms with Gasteiger partial charge in [0.2, 0.25) is 0 Å². The van der Waals surface area contributed by atoms with E-state index in [1.165, 1.54) is 17.4 Å². The first kappa shape index (κ1) is 26.4. The van der Waals surface area contributed by atoms with Crippen LogP contribution in [0.2, 0.25) is 0 Å². The highest BCUT2D eigenvalue weighted by Gasteiger charge is 2.22. The maximum atomic E-state index is 15.3. The van der Waals surface area contributed by atoms with Gasteiger partial charge in [-0.3, -0.25) is 14.5 Å². The fraction of sp³-hybridized carbons (Fsp3) is 0.121. The number of aromatic nitrogens is 4. The summed E-state index contributed by atoms with van der Waals surface area (Å²) >= 11 is 1.50. The van der Waals surface area contributed by atoms with Crippen molar-refractivity contribution in [1.29, 1.82) is 0 Å². The molecule has 1 N–H and O–H groups in total. The molecule has 0 fully saturated rings. The van der Waals surface area contributed by atoms with E-state index in [0.29, 0.717) is 35.6 Å². The number of thiophene rings is 1. The quantitative estimate of drug-likeness (QED) is 0.201. The second-order valence-electron chi connectivity index (χ2n) is 9.61. The van der Waals surface area contributed by atoms with Crippen LogP contribution in [0.1, 0.15) is 16.8 Å². The van der Waals surface area contributed by atoms with Crippen LogP contribution < -0.4 is 10.3 Å². The van der Waals surface area contributed by atoms with Gasteiger partial charge in [0.15, 0.2) is 11.6 Å². The van der Waals surface area contributed by atoms with Crippen molar-refractivity contribution in [2.75, 3.05) is 0 Å². The summed E-state index contributed by atoms with van der Waals surface area (Å²) in [4.78, 5) is 21.0. The van der Waals surface area contributed by atoms with Crippen LogP contribution in [-0.2, 0) is 19.6 Å². The number of aryl methyl sites for hydroxylation is 2. The van der Waals surface area contributed by atoms with Crippen LogP contribution >= 0.6 is 11.3 Å². The highest BCUT2D eigenvalue weighted by atomic mass is 32.1. The molecule has 8 heteroatoms. The molecule has 41 heavy (non-hydrogen) atoms. The fourth-order valence-electron chi connectivity index (χ4n) is 4.81. The molecule has 3 aromatic carbocycles. The van der Waals surface area contributed by atoms with Crippen molar-refractivity contribution in [3.63, 3.8) is 0 Å². The minimum Gasteiger partial charge on any atom is -0.485 e. The van der Waals surface area contributed by atoms with Crippen molar-refractivity contribution < 1.29 is 9.13 Å². The number of hydrogen-bond acceptors (Lipinski definition) is 5. The van der Waals surface area contributed by atoms with E-state index < -0.39 is 5.82 Å². The summed E-state index contributed by atoms with van der Waals surface area (Å²) in [6.45, 7) is 2.37. The van der Waals surface area contributed by atoms with Gasteiger partial charge in [-0.2, -0.15) is 5.10 Å². The van der Waals surface area contributed by atoms with Crippen molar-refractivity contribution in [2.24, 2.45) is 0 Å². The van der Waals surface area contributed by atoms with Crippen molar-refractivity contribution in [3.05, 3.63) is 136 Å². The van der Waals surface area contributed by atoms with Gasteiger partial charge in [0.25, 0.3) is 5.56 Å². The lowest BCUT2D eigenvalue weighted by molar-refractivity contribution is 0.291. The number of nitrogens with zero attached hydrogens (tertiary/aromatic N) is 3. The normalized spacial score (nSPS) is 11.1. The zero-order valence-corrected chi connectivity index (χ0v) is 23.2. The van der Waals surface area contributed by atoms with E-state index in [9.17, 15) is 4.79 Å². The van der Waals surface area contributed by atoms with Crippen LogP contribution in [0.5, 0.6) is 5.75 Å². The molecule has 0 saturated heterocycles. The van der Waals surface area contributed by atoms with Gasteiger partial charge in [-0.1, -0.05) is 66.7 Å². The predicted molar refractivity (Wildman–Crippen MR) is 160 cm³/mol. The van der Waals surface area contributed by atoms with Crippen molar-refractivity contribution in [2.45, 2.75) is 26.5 Å². The molecule has 0 unspecified atom stereocenters. The van der Waals surface area contributed by atoms with E-state index in [2.05, 4.69) is 10.2 Å². The van der Waals surface area contributed by atoms with Crippen molar-refractivity contribution in [3.8, 4) is 38.1 Å². The molecule has 0 spiro atoms. The Morgan fingerprint density at radius 2 is 1.61 bits per heavy atom. The Kier molecular flexibility index (Phi) is 7.56. The molecule has 0 radical (unpaired) electrons. The van der Waals surface area contributed by atoms with Crippen LogP contribution in [-0.4, -0.2) is 19.7 Å². The fourth-order valence-corrected chi connectivity index (χ4v) is 5.88. The molecular weight excluding hydrogens is 535 g/mol. The highest BCUT2D eigenvalue weighted by molar-refractivity contribution is 7.18. The lowest BCUT2D eigenvalue weighted by atomic mass is 10.1. The third-order valence-corrected chi connectivity index (χ3v) is 8.01. The van der Waals surface area contributed by atoms with Crippen LogP contribution in [0, 0.1) is 12.7 Å². The maximum absolute atomic E-state index is 15.3. The molecule has 0 atom stereocenters. The number of nitrogens with one attached hydrogen (secondary N) is 1. The number of rotatable bonds is 9. The summed E-state index contributed by atoms with van der Waals surface area (Å²) in [5.41, 5.74) is 4.23. The van der Waals surface area contributed by atoms with Gasteiger partial charge >= 0.3 is 0 Å². The smallest absolute Gasteiger partial charge is 0.262 e. The third-order valence-electron chi connectivity index (χ3n) is 6.87. The highest BCUT2D eigenvalue weighted by Crippen LogP contribution is 2.36. The van der Waals surface area contributed by atoms with Gasteiger partial charge in [-0.25, -0.2) is 9.37 Å². The molecule has 0 aliphatic carbocycles. The molecule has 3 heterocycles. The number of H-pyrrole nitrogens is 1. The second-order valence-corrected chi connectivity index (χ2v) is 10.7. The zero-order valence-electron chi connectivity index (χ0n) is 22.4. The van der Waals surface area contributed by atoms with E-state index in [0.717, 1.165) is 26.6 Å². The number of halogens is 1. The Hall–Kier alpha value is -4.82. The summed E-state index contributed by atoms with van der Waals surface area (Å²) in [5, 5.41) is 7.01. The first-order valence-corrected chi connectivity index (χ1v) is 14.1. The van der Waals surface area contributed by atoms with E-state index in [1.807, 2.05) is 85.8 Å². The SMILES string of the molecule is Cc1nc(-c2cccc(F)c2OCc2ccccc2)n(CCc2ccccc2)c(=O)c1-c1ccc(-c2ccn[nH]2)s1. The average Bonchev–Trinajstić information content (AvgIpc) is 3.70. The Morgan fingerprint density at radius 3 is 2.34 bits per heavy atom. The van der Waals surface area contributed by atoms with E-state index in [-0.39, 0.29) is 17.9 Å². The molecule has 6 nitrogen and oxygen atoms in total. The second kappa shape index (κ2) is 11.7. The number of ether oxygens (including phenoxy) is 1. The molecular formula is C33H27FN4O2S. The molecule has 6 aromatic rings. The Labute approximate surface area is 240 Å². The van der Waals surface area contributed by atoms with Gasteiger partial charge in [0.05, 0.1) is 27.4 Å². The summed E-state index contributed by atoms with van der Waals surface area (Å²) < 4.78 is 22.9. The van der Waals surface area contributed by atoms with Gasteiger partial charge in [0.1, 0.15) is 12.4 Å². The van der Waals surface area contributed by atoms with Crippen molar-refractivity contribution in [1.82, 2.24) is 19.7 Å². The average molecular weight is 563 g/mol. The lowest BCUT2D eigenvalue weighted by Gasteiger charge is -2.18. The minimum absolute atomic E-state index is 0.0709. The molecule has 0 saturated carbocycles. The van der Waals surface area contributed by atoms with E-state index in [1.54, 1.807) is 22.9 Å². The predicted octanol–water partition coefficient (Wildman–Crippen LogP) is 7.30. The topological polar surface area (TPSA) is 72.8 Å². The summed E-state index contributed by atoms with van der Waals surface area (Å²) in [6.07, 6.45) is 2.31. The monoisotopic (exact) mass is 562 g/mol. The molecule has 3 aromatic heterocycles. The molecule has 204 valence electrons. The van der Waals surface area contributed by atoms with Crippen LogP contribution in [0.3, 0.4) is 0 Å². The molecule has 6 rings (SSSR count). The van der Waals surface area contributed by atoms with E-state index >= 15 is 4.39 Å². The minimum atomic E-state index is -0.508. The molecule has 0 amide bonds. The maximum Gasteiger partial charge on any atom is 0.262 e. The van der Waals surface area contributed by atoms with Crippen LogP contribution in [0.4, 0.5) is 4.39 Å². The van der Waals surface area contributed by atoms with Gasteiger partial charge < -0.3 is 4.74 Å². The Morgan fingerprint density at radius 1 is 0.878 bits per heavy atom. The summed E-state index contributed by atoms with van der Waals surface area (Å²) in [5.74, 6) is -0.0620. The Bertz CT molecular complexity index is 1830. The molecule has 0 aliphatic rings.